The molecular weight excluding hydrogens is 314 g/mol. The number of hydrogen-bond acceptors (Lipinski definition) is 2. The van der Waals surface area contributed by atoms with Gasteiger partial charge in [-0.2, -0.15) is 0 Å². The van der Waals surface area contributed by atoms with Gasteiger partial charge < -0.3 is 10.1 Å². The molecular formula is C17H24BrNO. The Morgan fingerprint density at radius 1 is 1.30 bits per heavy atom. The molecule has 2 aliphatic rings. The summed E-state index contributed by atoms with van der Waals surface area (Å²) in [5.74, 6) is 1.81. The third-order valence-electron chi connectivity index (χ3n) is 4.87. The Labute approximate surface area is 130 Å². The van der Waals surface area contributed by atoms with Gasteiger partial charge in [0.25, 0.3) is 0 Å². The maximum Gasteiger partial charge on any atom is 0.133 e. The van der Waals surface area contributed by atoms with E-state index < -0.39 is 0 Å². The van der Waals surface area contributed by atoms with E-state index in [0.717, 1.165) is 22.6 Å². The molecule has 2 nitrogen and oxygen atoms in total. The van der Waals surface area contributed by atoms with E-state index in [-0.39, 0.29) is 0 Å². The summed E-state index contributed by atoms with van der Waals surface area (Å²) in [4.78, 5) is 0. The van der Waals surface area contributed by atoms with Crippen LogP contribution in [0.1, 0.15) is 44.1 Å². The van der Waals surface area contributed by atoms with Crippen LogP contribution >= 0.6 is 15.9 Å². The Hall–Kier alpha value is -0.540. The van der Waals surface area contributed by atoms with Crippen molar-refractivity contribution in [3.63, 3.8) is 0 Å². The van der Waals surface area contributed by atoms with Gasteiger partial charge in [0.1, 0.15) is 5.75 Å². The quantitative estimate of drug-likeness (QED) is 0.883. The number of ether oxygens (including phenoxy) is 1. The average Bonchev–Trinajstić information content (AvgIpc) is 3.26. The van der Waals surface area contributed by atoms with E-state index in [9.17, 15) is 0 Å². The highest BCUT2D eigenvalue weighted by atomic mass is 79.9. The standard InChI is InChI=1S/C17H24BrNO/c1-20-16-8-5-13(11-15(16)18)12-17(14-6-7-14)9-3-2-4-10-19-17/h5,8,11,14,19H,2-4,6-7,9-10,12H2,1H3. The van der Waals surface area contributed by atoms with Crippen molar-refractivity contribution in [1.29, 1.82) is 0 Å². The van der Waals surface area contributed by atoms with Crippen LogP contribution < -0.4 is 10.1 Å². The van der Waals surface area contributed by atoms with Crippen LogP contribution in [0.25, 0.3) is 0 Å². The van der Waals surface area contributed by atoms with Crippen molar-refractivity contribution in [1.82, 2.24) is 5.32 Å². The average molecular weight is 338 g/mol. The lowest BCUT2D eigenvalue weighted by molar-refractivity contribution is 0.271. The maximum atomic E-state index is 5.33. The molecule has 1 atom stereocenters. The summed E-state index contributed by atoms with van der Waals surface area (Å²) in [5, 5.41) is 3.91. The van der Waals surface area contributed by atoms with E-state index in [0.29, 0.717) is 5.54 Å². The maximum absolute atomic E-state index is 5.33. The highest BCUT2D eigenvalue weighted by Gasteiger charge is 2.44. The highest BCUT2D eigenvalue weighted by molar-refractivity contribution is 9.10. The first-order chi connectivity index (χ1) is 9.73. The number of methoxy groups -OCH3 is 1. The molecule has 1 saturated heterocycles. The molecule has 0 radical (unpaired) electrons. The van der Waals surface area contributed by atoms with Crippen molar-refractivity contribution < 1.29 is 4.74 Å². The van der Waals surface area contributed by atoms with Crippen molar-refractivity contribution in [2.45, 2.75) is 50.5 Å². The molecule has 1 aromatic rings. The van der Waals surface area contributed by atoms with Crippen LogP contribution in [0.3, 0.4) is 0 Å². The van der Waals surface area contributed by atoms with Gasteiger partial charge in [0.2, 0.25) is 0 Å². The lowest BCUT2D eigenvalue weighted by atomic mass is 9.82. The second kappa shape index (κ2) is 6.07. The van der Waals surface area contributed by atoms with Crippen LogP contribution in [0.4, 0.5) is 0 Å². The van der Waals surface area contributed by atoms with E-state index in [1.54, 1.807) is 7.11 Å². The van der Waals surface area contributed by atoms with Gasteiger partial charge in [0.15, 0.2) is 0 Å². The fraction of sp³-hybridized carbons (Fsp3) is 0.647. The molecule has 0 aromatic heterocycles. The lowest BCUT2D eigenvalue weighted by Gasteiger charge is -2.34. The molecule has 0 bridgehead atoms. The van der Waals surface area contributed by atoms with E-state index >= 15 is 0 Å². The normalized spacial score (nSPS) is 27.1. The summed E-state index contributed by atoms with van der Waals surface area (Å²) in [5.41, 5.74) is 1.77. The molecule has 2 fully saturated rings. The first-order valence-corrected chi connectivity index (χ1v) is 8.60. The van der Waals surface area contributed by atoms with Crippen LogP contribution in [0.15, 0.2) is 22.7 Å². The monoisotopic (exact) mass is 337 g/mol. The van der Waals surface area contributed by atoms with E-state index in [2.05, 4.69) is 39.4 Å². The van der Waals surface area contributed by atoms with E-state index in [1.165, 1.54) is 50.6 Å². The SMILES string of the molecule is COc1ccc(CC2(C3CC3)CCCCCN2)cc1Br. The number of nitrogens with one attached hydrogen (secondary N) is 1. The smallest absolute Gasteiger partial charge is 0.133 e. The van der Waals surface area contributed by atoms with Gasteiger partial charge in [-0.1, -0.05) is 18.9 Å². The minimum Gasteiger partial charge on any atom is -0.496 e. The Morgan fingerprint density at radius 2 is 2.15 bits per heavy atom. The second-order valence-electron chi connectivity index (χ2n) is 6.31. The third-order valence-corrected chi connectivity index (χ3v) is 5.49. The topological polar surface area (TPSA) is 21.3 Å². The molecule has 20 heavy (non-hydrogen) atoms. The summed E-state index contributed by atoms with van der Waals surface area (Å²) >= 11 is 3.61. The number of halogens is 1. The van der Waals surface area contributed by atoms with Gasteiger partial charge in [-0.15, -0.1) is 0 Å². The fourth-order valence-electron chi connectivity index (χ4n) is 3.63. The molecule has 1 aromatic carbocycles. The highest BCUT2D eigenvalue weighted by Crippen LogP contribution is 2.45. The molecule has 0 spiro atoms. The zero-order valence-electron chi connectivity index (χ0n) is 12.3. The van der Waals surface area contributed by atoms with Gasteiger partial charge in [0.05, 0.1) is 11.6 Å². The second-order valence-corrected chi connectivity index (χ2v) is 7.17. The predicted molar refractivity (Wildman–Crippen MR) is 86.3 cm³/mol. The van der Waals surface area contributed by atoms with Crippen molar-refractivity contribution >= 4 is 15.9 Å². The first-order valence-electron chi connectivity index (χ1n) is 7.81. The van der Waals surface area contributed by atoms with Gasteiger partial charge >= 0.3 is 0 Å². The fourth-order valence-corrected chi connectivity index (χ4v) is 4.22. The molecule has 1 aliphatic carbocycles. The van der Waals surface area contributed by atoms with Crippen molar-refractivity contribution in [2.24, 2.45) is 5.92 Å². The van der Waals surface area contributed by atoms with E-state index in [4.69, 9.17) is 4.74 Å². The van der Waals surface area contributed by atoms with Crippen molar-refractivity contribution in [3.8, 4) is 5.75 Å². The third kappa shape index (κ3) is 3.04. The van der Waals surface area contributed by atoms with Crippen molar-refractivity contribution in [2.75, 3.05) is 13.7 Å². The van der Waals surface area contributed by atoms with Crippen LogP contribution in [0.2, 0.25) is 0 Å². The van der Waals surface area contributed by atoms with Crippen LogP contribution in [0.5, 0.6) is 5.75 Å². The van der Waals surface area contributed by atoms with Crippen LogP contribution in [-0.2, 0) is 6.42 Å². The summed E-state index contributed by atoms with van der Waals surface area (Å²) < 4.78 is 6.40. The van der Waals surface area contributed by atoms with Gasteiger partial charge in [-0.05, 0) is 78.2 Å². The minimum atomic E-state index is 0.352. The number of rotatable bonds is 4. The Bertz CT molecular complexity index is 462. The number of benzene rings is 1. The zero-order valence-corrected chi connectivity index (χ0v) is 13.8. The molecule has 3 rings (SSSR count). The van der Waals surface area contributed by atoms with E-state index in [1.807, 2.05) is 0 Å². The minimum absolute atomic E-state index is 0.352. The Morgan fingerprint density at radius 3 is 2.85 bits per heavy atom. The van der Waals surface area contributed by atoms with Crippen LogP contribution in [0, 0.1) is 5.92 Å². The molecule has 1 N–H and O–H groups in total. The van der Waals surface area contributed by atoms with Crippen LogP contribution in [-0.4, -0.2) is 19.2 Å². The summed E-state index contributed by atoms with van der Waals surface area (Å²) in [7, 11) is 1.72. The van der Waals surface area contributed by atoms with Gasteiger partial charge in [-0.3, -0.25) is 0 Å². The molecule has 1 aliphatic heterocycles. The molecule has 0 amide bonds. The molecule has 1 unspecified atom stereocenters. The Balaban J connectivity index is 1.80. The number of hydrogen-bond donors (Lipinski definition) is 1. The lowest BCUT2D eigenvalue weighted by Crippen LogP contribution is -2.48. The summed E-state index contributed by atoms with van der Waals surface area (Å²) in [6.07, 6.45) is 9.39. The molecule has 3 heteroatoms. The summed E-state index contributed by atoms with van der Waals surface area (Å²) in [6, 6.07) is 6.53. The van der Waals surface area contributed by atoms with Gasteiger partial charge in [-0.25, -0.2) is 0 Å². The molecule has 1 saturated carbocycles. The predicted octanol–water partition coefficient (Wildman–Crippen LogP) is 4.31. The van der Waals surface area contributed by atoms with Gasteiger partial charge in [0, 0.05) is 5.54 Å². The largest absolute Gasteiger partial charge is 0.496 e. The first kappa shape index (κ1) is 14.4. The summed E-state index contributed by atoms with van der Waals surface area (Å²) in [6.45, 7) is 1.19. The van der Waals surface area contributed by atoms with Crippen molar-refractivity contribution in [3.05, 3.63) is 28.2 Å². The molecule has 110 valence electrons. The zero-order chi connectivity index (χ0) is 14.0. The Kier molecular flexibility index (Phi) is 4.37. The molecule has 1 heterocycles.